The number of carbonyl (C=O) groups is 2. The van der Waals surface area contributed by atoms with Crippen molar-refractivity contribution in [2.45, 2.75) is 19.8 Å². The lowest BCUT2D eigenvalue weighted by Crippen LogP contribution is -2.08. The van der Waals surface area contributed by atoms with Gasteiger partial charge in [-0.05, 0) is 25.5 Å². The molecule has 0 radical (unpaired) electrons. The van der Waals surface area contributed by atoms with Crippen LogP contribution in [0.1, 0.15) is 30.1 Å². The first kappa shape index (κ1) is 17.6. The van der Waals surface area contributed by atoms with Crippen molar-refractivity contribution in [2.24, 2.45) is 0 Å². The zero-order valence-corrected chi connectivity index (χ0v) is 12.9. The predicted molar refractivity (Wildman–Crippen MR) is 77.9 cm³/mol. The zero-order valence-electron chi connectivity index (χ0n) is 12.9. The molecule has 1 N–H and O–H groups in total. The molecule has 0 fully saturated rings. The second kappa shape index (κ2) is 8.76. The number of rotatable bonds is 9. The molecule has 7 nitrogen and oxygen atoms in total. The van der Waals surface area contributed by atoms with Crippen molar-refractivity contribution >= 4 is 11.9 Å². The first-order chi connectivity index (χ1) is 10.5. The van der Waals surface area contributed by atoms with Gasteiger partial charge < -0.3 is 24.1 Å². The van der Waals surface area contributed by atoms with Gasteiger partial charge in [0.1, 0.15) is 0 Å². The Hall–Kier alpha value is -2.44. The number of carboxylic acid groups (broad SMARTS) is 1. The molecule has 0 aliphatic rings. The van der Waals surface area contributed by atoms with Gasteiger partial charge in [0.15, 0.2) is 11.5 Å². The fraction of sp³-hybridized carbons (Fsp3) is 0.467. The molecule has 0 saturated carbocycles. The molecule has 0 bridgehead atoms. The molecule has 0 unspecified atom stereocenters. The van der Waals surface area contributed by atoms with E-state index < -0.39 is 5.97 Å². The molecule has 0 saturated heterocycles. The lowest BCUT2D eigenvalue weighted by Gasteiger charge is -2.15. The molecule has 0 aliphatic carbocycles. The van der Waals surface area contributed by atoms with E-state index in [1.54, 1.807) is 6.92 Å². The van der Waals surface area contributed by atoms with Gasteiger partial charge in [0.05, 0.1) is 33.0 Å². The van der Waals surface area contributed by atoms with Gasteiger partial charge in [-0.3, -0.25) is 4.79 Å². The summed E-state index contributed by atoms with van der Waals surface area (Å²) in [5.74, 6) is -0.559. The quantitative estimate of drug-likeness (QED) is 0.551. The Bertz CT molecular complexity index is 500. The van der Waals surface area contributed by atoms with Crippen molar-refractivity contribution in [3.8, 4) is 17.2 Å². The molecule has 122 valence electrons. The second-order valence-electron chi connectivity index (χ2n) is 4.27. The van der Waals surface area contributed by atoms with Crippen molar-refractivity contribution in [1.29, 1.82) is 0 Å². The van der Waals surface area contributed by atoms with E-state index in [4.69, 9.17) is 24.1 Å². The number of hydrogen-bond acceptors (Lipinski definition) is 6. The number of ether oxygens (including phenoxy) is 4. The van der Waals surface area contributed by atoms with E-state index >= 15 is 0 Å². The summed E-state index contributed by atoms with van der Waals surface area (Å²) < 4.78 is 20.7. The van der Waals surface area contributed by atoms with E-state index in [2.05, 4.69) is 0 Å². The lowest BCUT2D eigenvalue weighted by molar-refractivity contribution is -0.143. The Balaban J connectivity index is 2.76. The monoisotopic (exact) mass is 312 g/mol. The first-order valence-corrected chi connectivity index (χ1v) is 6.81. The highest BCUT2D eigenvalue weighted by Gasteiger charge is 2.17. The lowest BCUT2D eigenvalue weighted by atomic mass is 10.2. The molecule has 1 aromatic carbocycles. The average molecular weight is 312 g/mol. The predicted octanol–water partition coefficient (Wildman–Crippen LogP) is 2.12. The van der Waals surface area contributed by atoms with Crippen LogP contribution >= 0.6 is 0 Å². The van der Waals surface area contributed by atoms with E-state index in [-0.39, 0.29) is 36.1 Å². The molecule has 22 heavy (non-hydrogen) atoms. The van der Waals surface area contributed by atoms with Crippen LogP contribution in [0.25, 0.3) is 0 Å². The van der Waals surface area contributed by atoms with Gasteiger partial charge in [-0.2, -0.15) is 0 Å². The van der Waals surface area contributed by atoms with E-state index in [0.717, 1.165) is 0 Å². The largest absolute Gasteiger partial charge is 0.493 e. The number of hydrogen-bond donors (Lipinski definition) is 1. The normalized spacial score (nSPS) is 9.95. The molecule has 0 spiro atoms. The maximum atomic E-state index is 11.2. The van der Waals surface area contributed by atoms with Crippen molar-refractivity contribution < 1.29 is 33.6 Å². The zero-order chi connectivity index (χ0) is 16.5. The van der Waals surface area contributed by atoms with Crippen LogP contribution in [0.3, 0.4) is 0 Å². The third-order valence-corrected chi connectivity index (χ3v) is 2.78. The van der Waals surface area contributed by atoms with E-state index in [0.29, 0.717) is 18.8 Å². The number of aromatic carboxylic acids is 1. The maximum Gasteiger partial charge on any atom is 0.335 e. The third-order valence-electron chi connectivity index (χ3n) is 2.78. The Kier molecular flexibility index (Phi) is 7.01. The van der Waals surface area contributed by atoms with Gasteiger partial charge in [0, 0.05) is 6.42 Å². The summed E-state index contributed by atoms with van der Waals surface area (Å²) in [6.45, 7) is 2.34. The van der Waals surface area contributed by atoms with Crippen molar-refractivity contribution in [1.82, 2.24) is 0 Å². The van der Waals surface area contributed by atoms with Crippen LogP contribution in [-0.2, 0) is 9.53 Å². The standard InChI is InChI=1S/C15H20O7/c1-4-21-13(16)6-5-7-22-14-11(19-2)8-10(15(17)18)9-12(14)20-3/h8-9H,4-7H2,1-3H3,(H,17,18). The van der Waals surface area contributed by atoms with Gasteiger partial charge in [-0.15, -0.1) is 0 Å². The van der Waals surface area contributed by atoms with Crippen LogP contribution in [0.15, 0.2) is 12.1 Å². The van der Waals surface area contributed by atoms with Crippen LogP contribution in [0.2, 0.25) is 0 Å². The summed E-state index contributed by atoms with van der Waals surface area (Å²) in [6.07, 6.45) is 0.706. The minimum atomic E-state index is -1.09. The third kappa shape index (κ3) is 4.83. The van der Waals surface area contributed by atoms with Gasteiger partial charge in [-0.25, -0.2) is 4.79 Å². The molecule has 0 heterocycles. The van der Waals surface area contributed by atoms with Crippen LogP contribution in [0.4, 0.5) is 0 Å². The van der Waals surface area contributed by atoms with Gasteiger partial charge in [0.2, 0.25) is 5.75 Å². The number of methoxy groups -OCH3 is 2. The van der Waals surface area contributed by atoms with E-state index in [1.807, 2.05) is 0 Å². The van der Waals surface area contributed by atoms with Crippen molar-refractivity contribution in [2.75, 3.05) is 27.4 Å². The highest BCUT2D eigenvalue weighted by atomic mass is 16.5. The van der Waals surface area contributed by atoms with Crippen molar-refractivity contribution in [3.63, 3.8) is 0 Å². The maximum absolute atomic E-state index is 11.2. The van der Waals surface area contributed by atoms with Crippen LogP contribution in [0.5, 0.6) is 17.2 Å². The van der Waals surface area contributed by atoms with Crippen LogP contribution in [-0.4, -0.2) is 44.5 Å². The second-order valence-corrected chi connectivity index (χ2v) is 4.27. The van der Waals surface area contributed by atoms with Gasteiger partial charge >= 0.3 is 11.9 Å². The molecular weight excluding hydrogens is 292 g/mol. The molecular formula is C15H20O7. The average Bonchev–Trinajstić information content (AvgIpc) is 2.51. The Morgan fingerprint density at radius 3 is 2.18 bits per heavy atom. The Labute approximate surface area is 128 Å². The molecule has 7 heteroatoms. The summed E-state index contributed by atoms with van der Waals surface area (Å²) in [6, 6.07) is 2.71. The number of carboxylic acids is 1. The Morgan fingerprint density at radius 1 is 1.14 bits per heavy atom. The number of benzene rings is 1. The van der Waals surface area contributed by atoms with Crippen LogP contribution in [0, 0.1) is 0 Å². The summed E-state index contributed by atoms with van der Waals surface area (Å²) in [5.41, 5.74) is 0.0348. The molecule has 0 atom stereocenters. The Morgan fingerprint density at radius 2 is 1.73 bits per heavy atom. The molecule has 0 aliphatic heterocycles. The summed E-state index contributed by atoms with van der Waals surface area (Å²) in [5, 5.41) is 9.04. The molecule has 0 amide bonds. The molecule has 0 aromatic heterocycles. The van der Waals surface area contributed by atoms with Crippen LogP contribution < -0.4 is 14.2 Å². The fourth-order valence-corrected chi connectivity index (χ4v) is 1.77. The van der Waals surface area contributed by atoms with E-state index in [9.17, 15) is 9.59 Å². The van der Waals surface area contributed by atoms with Gasteiger partial charge in [-0.1, -0.05) is 0 Å². The minimum absolute atomic E-state index is 0.0348. The summed E-state index contributed by atoms with van der Waals surface area (Å²) >= 11 is 0. The SMILES string of the molecule is CCOC(=O)CCCOc1c(OC)cc(C(=O)O)cc1OC. The highest BCUT2D eigenvalue weighted by Crippen LogP contribution is 2.38. The topological polar surface area (TPSA) is 91.3 Å². The van der Waals surface area contributed by atoms with E-state index in [1.165, 1.54) is 26.4 Å². The molecule has 1 aromatic rings. The fourth-order valence-electron chi connectivity index (χ4n) is 1.77. The summed E-state index contributed by atoms with van der Waals surface area (Å²) in [4.78, 5) is 22.3. The molecule has 1 rings (SSSR count). The number of esters is 1. The highest BCUT2D eigenvalue weighted by molar-refractivity contribution is 5.89. The smallest absolute Gasteiger partial charge is 0.335 e. The van der Waals surface area contributed by atoms with Gasteiger partial charge in [0.25, 0.3) is 0 Å². The first-order valence-electron chi connectivity index (χ1n) is 6.81. The minimum Gasteiger partial charge on any atom is -0.493 e. The van der Waals surface area contributed by atoms with Crippen molar-refractivity contribution in [3.05, 3.63) is 17.7 Å². The summed E-state index contributed by atoms with van der Waals surface area (Å²) in [7, 11) is 2.82. The number of carbonyl (C=O) groups excluding carboxylic acids is 1.